The average Bonchev–Trinajstić information content (AvgIpc) is 4.39. The number of hydrogen-bond acceptors (Lipinski definition) is 2. The van der Waals surface area contributed by atoms with Gasteiger partial charge in [-0.1, -0.05) is 206 Å². The van der Waals surface area contributed by atoms with Crippen LogP contribution in [0.15, 0.2) is 261 Å². The van der Waals surface area contributed by atoms with Crippen molar-refractivity contribution >= 4 is 70.3 Å². The molecule has 1 spiro atoms. The van der Waals surface area contributed by atoms with E-state index in [-0.39, 0.29) is 6.04 Å². The zero-order chi connectivity index (χ0) is 49.6. The third-order valence-corrected chi connectivity index (χ3v) is 18.4. The standard InChI is InChI=1S/C73H46N2S/c1-2-17-45(18-3-1)46-33-35-49(36-34-46)74(51-37-38-59-58-27-10-15-32-68(58)76-69(59)44-51)50-20-16-19-47(41-50)52-21-4-5-22-53(52)48-42-61-57-26-9-14-31-67(57)75-66-30-13-8-25-56(66)60-39-40-64-71(72(60)75)70(61)65(43-48)73(64)62-28-11-6-23-54(62)55-24-7-12-29-63(55)73/h1-40,42-44,50H,41H2. The van der Waals surface area contributed by atoms with Crippen LogP contribution >= 0.6 is 11.3 Å². The van der Waals surface area contributed by atoms with E-state index in [0.717, 1.165) is 6.42 Å². The second kappa shape index (κ2) is 15.9. The first kappa shape index (κ1) is 42.1. The quantitative estimate of drug-likeness (QED) is 0.161. The number of nitrogens with zero attached hydrogens (tertiary/aromatic N) is 2. The van der Waals surface area contributed by atoms with E-state index in [2.05, 4.69) is 270 Å². The first-order valence-electron chi connectivity index (χ1n) is 26.6. The molecule has 11 aromatic carbocycles. The molecular weight excluding hydrogens is 937 g/mol. The van der Waals surface area contributed by atoms with Gasteiger partial charge < -0.3 is 9.47 Å². The molecule has 0 saturated heterocycles. The van der Waals surface area contributed by atoms with Gasteiger partial charge >= 0.3 is 0 Å². The van der Waals surface area contributed by atoms with E-state index >= 15 is 0 Å². The summed E-state index contributed by atoms with van der Waals surface area (Å²) in [6.45, 7) is 0. The van der Waals surface area contributed by atoms with E-state index < -0.39 is 5.41 Å². The predicted molar refractivity (Wildman–Crippen MR) is 320 cm³/mol. The Kier molecular flexibility index (Phi) is 8.79. The van der Waals surface area contributed by atoms with Crippen LogP contribution < -0.4 is 4.90 Å². The first-order chi connectivity index (χ1) is 37.7. The van der Waals surface area contributed by atoms with Crippen molar-refractivity contribution in [2.24, 2.45) is 0 Å². The molecule has 0 bridgehead atoms. The number of fused-ring (bicyclic) bond motifs is 16. The molecular formula is C73H46N2S. The Morgan fingerprint density at radius 2 is 1.04 bits per heavy atom. The summed E-state index contributed by atoms with van der Waals surface area (Å²) in [6.07, 6.45) is 7.91. The largest absolute Gasteiger partial charge is 0.334 e. The summed E-state index contributed by atoms with van der Waals surface area (Å²) in [7, 11) is 0. The highest BCUT2D eigenvalue weighted by Gasteiger charge is 2.54. The molecule has 1 aliphatic heterocycles. The van der Waals surface area contributed by atoms with Crippen molar-refractivity contribution in [3.63, 3.8) is 0 Å². The van der Waals surface area contributed by atoms with Crippen molar-refractivity contribution in [3.05, 3.63) is 289 Å². The Morgan fingerprint density at radius 1 is 0.408 bits per heavy atom. The smallest absolute Gasteiger partial charge is 0.0726 e. The summed E-state index contributed by atoms with van der Waals surface area (Å²) < 4.78 is 5.21. The number of hydrogen-bond donors (Lipinski definition) is 0. The second-order valence-electron chi connectivity index (χ2n) is 21.0. The van der Waals surface area contributed by atoms with Crippen molar-refractivity contribution in [1.29, 1.82) is 0 Å². The molecule has 13 aromatic rings. The molecule has 2 nitrogen and oxygen atoms in total. The van der Waals surface area contributed by atoms with Crippen LogP contribution in [-0.2, 0) is 5.41 Å². The van der Waals surface area contributed by atoms with Gasteiger partial charge in [0.05, 0.1) is 28.2 Å². The van der Waals surface area contributed by atoms with E-state index in [1.807, 2.05) is 11.3 Å². The Morgan fingerprint density at radius 3 is 1.86 bits per heavy atom. The number of aromatic nitrogens is 1. The number of para-hydroxylation sites is 2. The molecule has 0 radical (unpaired) electrons. The molecule has 1 unspecified atom stereocenters. The van der Waals surface area contributed by atoms with E-state index in [1.54, 1.807) is 0 Å². The minimum Gasteiger partial charge on any atom is -0.334 e. The number of thiophene rings is 1. The molecule has 0 N–H and O–H groups in total. The van der Waals surface area contributed by atoms with Crippen molar-refractivity contribution in [2.45, 2.75) is 17.9 Å². The fourth-order valence-electron chi connectivity index (χ4n) is 14.2. The van der Waals surface area contributed by atoms with Gasteiger partial charge in [-0.25, -0.2) is 0 Å². The lowest BCUT2D eigenvalue weighted by molar-refractivity contribution is 0.794. The number of rotatable bonds is 6. The monoisotopic (exact) mass is 982 g/mol. The minimum absolute atomic E-state index is 0.0512. The topological polar surface area (TPSA) is 8.17 Å². The average molecular weight is 983 g/mol. The maximum absolute atomic E-state index is 2.60. The van der Waals surface area contributed by atoms with Crippen molar-refractivity contribution in [1.82, 2.24) is 4.57 Å². The van der Waals surface area contributed by atoms with Gasteiger partial charge in [0.15, 0.2) is 0 Å². The molecule has 3 aliphatic carbocycles. The lowest BCUT2D eigenvalue weighted by Crippen LogP contribution is -2.30. The zero-order valence-electron chi connectivity index (χ0n) is 41.4. The van der Waals surface area contributed by atoms with Gasteiger partial charge in [-0.3, -0.25) is 0 Å². The lowest BCUT2D eigenvalue weighted by atomic mass is 9.69. The van der Waals surface area contributed by atoms with Gasteiger partial charge in [-0.2, -0.15) is 0 Å². The lowest BCUT2D eigenvalue weighted by Gasteiger charge is -2.35. The number of benzene rings is 11. The minimum atomic E-state index is -0.524. The molecule has 76 heavy (non-hydrogen) atoms. The molecule has 3 heterocycles. The van der Waals surface area contributed by atoms with Crippen molar-refractivity contribution in [2.75, 3.05) is 4.90 Å². The van der Waals surface area contributed by atoms with Gasteiger partial charge in [-0.15, -0.1) is 11.3 Å². The fourth-order valence-corrected chi connectivity index (χ4v) is 15.3. The molecule has 1 atom stereocenters. The molecule has 0 saturated carbocycles. The zero-order valence-corrected chi connectivity index (χ0v) is 42.2. The van der Waals surface area contributed by atoms with Gasteiger partial charge in [-0.05, 0) is 139 Å². The Balaban J connectivity index is 0.862. The molecule has 17 rings (SSSR count). The molecule has 0 fully saturated rings. The van der Waals surface area contributed by atoms with E-state index in [1.165, 1.54) is 148 Å². The molecule has 2 aromatic heterocycles. The van der Waals surface area contributed by atoms with Crippen LogP contribution in [0.5, 0.6) is 0 Å². The van der Waals surface area contributed by atoms with Gasteiger partial charge in [0, 0.05) is 53.4 Å². The van der Waals surface area contributed by atoms with Crippen molar-refractivity contribution < 1.29 is 0 Å². The molecule has 0 amide bonds. The highest BCUT2D eigenvalue weighted by atomic mass is 32.1. The van der Waals surface area contributed by atoms with Crippen LogP contribution in [0.25, 0.3) is 109 Å². The molecule has 354 valence electrons. The number of anilines is 2. The van der Waals surface area contributed by atoms with E-state index in [9.17, 15) is 0 Å². The maximum atomic E-state index is 2.60. The van der Waals surface area contributed by atoms with E-state index in [4.69, 9.17) is 0 Å². The Labute approximate surface area is 445 Å². The molecule has 3 heteroatoms. The fraction of sp³-hybridized carbons (Fsp3) is 0.0411. The normalized spacial score (nSPS) is 15.1. The van der Waals surface area contributed by atoms with Crippen LogP contribution in [0, 0.1) is 0 Å². The molecule has 4 aliphatic rings. The van der Waals surface area contributed by atoms with Crippen LogP contribution in [0.3, 0.4) is 0 Å². The Bertz CT molecular complexity index is 4630. The first-order valence-corrected chi connectivity index (χ1v) is 27.4. The Hall–Kier alpha value is -9.28. The highest BCUT2D eigenvalue weighted by Crippen LogP contribution is 2.67. The summed E-state index contributed by atoms with van der Waals surface area (Å²) in [5, 5.41) is 5.21. The predicted octanol–water partition coefficient (Wildman–Crippen LogP) is 19.4. The van der Waals surface area contributed by atoms with Gasteiger partial charge in [0.2, 0.25) is 0 Å². The van der Waals surface area contributed by atoms with Crippen LogP contribution in [0.4, 0.5) is 11.4 Å². The summed E-state index contributed by atoms with van der Waals surface area (Å²) in [5.41, 5.74) is 26.4. The third kappa shape index (κ3) is 5.70. The second-order valence-corrected chi connectivity index (χ2v) is 22.1. The van der Waals surface area contributed by atoms with Gasteiger partial charge in [0.1, 0.15) is 0 Å². The summed E-state index contributed by atoms with van der Waals surface area (Å²) >= 11 is 1.88. The van der Waals surface area contributed by atoms with E-state index in [0.29, 0.717) is 0 Å². The van der Waals surface area contributed by atoms with Crippen LogP contribution in [-0.4, -0.2) is 10.6 Å². The summed E-state index contributed by atoms with van der Waals surface area (Å²) in [4.78, 5) is 2.57. The summed E-state index contributed by atoms with van der Waals surface area (Å²) in [5.74, 6) is 0. The third-order valence-electron chi connectivity index (χ3n) is 17.3. The summed E-state index contributed by atoms with van der Waals surface area (Å²) in [6, 6.07) is 91.7. The van der Waals surface area contributed by atoms with Gasteiger partial charge in [0.25, 0.3) is 0 Å². The SMILES string of the molecule is C1=CC(N(c2ccc(-c3ccccc3)cc2)c2ccc3c(c2)sc2ccccc23)CC(c2ccccc2-c2cc3c4c(c2)C2(c5ccccc5-c5ccccc52)c2ccc5c6ccccc6n(c5c2-4)-c2ccccc2-3)=C1. The maximum Gasteiger partial charge on any atom is 0.0726 e. The number of allylic oxidation sites excluding steroid dienone is 2. The highest BCUT2D eigenvalue weighted by molar-refractivity contribution is 7.25. The van der Waals surface area contributed by atoms with Crippen LogP contribution in [0.1, 0.15) is 34.2 Å². The van der Waals surface area contributed by atoms with Crippen molar-refractivity contribution in [3.8, 4) is 61.3 Å². The van der Waals surface area contributed by atoms with Crippen LogP contribution in [0.2, 0.25) is 0 Å².